The molecule has 0 saturated carbocycles. The fourth-order valence-corrected chi connectivity index (χ4v) is 3.20. The summed E-state index contributed by atoms with van der Waals surface area (Å²) in [6.07, 6.45) is 0.656. The van der Waals surface area contributed by atoms with Crippen LogP contribution >= 0.6 is 38.5 Å². The van der Waals surface area contributed by atoms with Crippen LogP contribution in [0, 0.1) is 9.49 Å². The van der Waals surface area contributed by atoms with Crippen LogP contribution in [0.3, 0.4) is 0 Å². The van der Waals surface area contributed by atoms with Crippen molar-refractivity contribution in [1.82, 2.24) is 0 Å². The second kappa shape index (κ2) is 5.26. The highest BCUT2D eigenvalue weighted by Crippen LogP contribution is 2.33. The van der Waals surface area contributed by atoms with E-state index in [4.69, 9.17) is 0 Å². The quantitative estimate of drug-likeness (QED) is 0.659. The molecule has 1 aliphatic rings. The molecule has 0 bridgehead atoms. The van der Waals surface area contributed by atoms with Gasteiger partial charge in [0.1, 0.15) is 5.78 Å². The van der Waals surface area contributed by atoms with Gasteiger partial charge in [0.25, 0.3) is 0 Å². The van der Waals surface area contributed by atoms with Gasteiger partial charge in [-0.05, 0) is 63.6 Å². The van der Waals surface area contributed by atoms with Gasteiger partial charge in [-0.25, -0.2) is 0 Å². The molecule has 0 aromatic heterocycles. The van der Waals surface area contributed by atoms with Crippen molar-refractivity contribution in [2.75, 3.05) is 11.4 Å². The maximum absolute atomic E-state index is 11.7. The summed E-state index contributed by atoms with van der Waals surface area (Å²) >= 11 is 5.92. The molecule has 0 N–H and O–H groups in total. The third kappa shape index (κ3) is 2.67. The summed E-state index contributed by atoms with van der Waals surface area (Å²) in [5.41, 5.74) is 1.20. The van der Waals surface area contributed by atoms with Crippen LogP contribution in [0.4, 0.5) is 5.69 Å². The summed E-state index contributed by atoms with van der Waals surface area (Å²) in [4.78, 5) is 14.0. The highest BCUT2D eigenvalue weighted by molar-refractivity contribution is 14.1. The standard InChI is InChI=1S/C13H15BrINO/c1-8-9(2)16(6-5-13(8)17)12-7-10(15)3-4-11(12)14/h3-4,7-9H,5-6H2,1-2H3. The topological polar surface area (TPSA) is 20.3 Å². The van der Waals surface area contributed by atoms with Gasteiger partial charge in [0, 0.05) is 33.0 Å². The van der Waals surface area contributed by atoms with Gasteiger partial charge in [-0.15, -0.1) is 0 Å². The Morgan fingerprint density at radius 2 is 2.12 bits per heavy atom. The third-order valence-electron chi connectivity index (χ3n) is 3.54. The number of hydrogen-bond acceptors (Lipinski definition) is 2. The monoisotopic (exact) mass is 407 g/mol. The Labute approximate surface area is 124 Å². The van der Waals surface area contributed by atoms with E-state index < -0.39 is 0 Å². The first-order valence-electron chi connectivity index (χ1n) is 5.75. The third-order valence-corrected chi connectivity index (χ3v) is 4.88. The van der Waals surface area contributed by atoms with Gasteiger partial charge >= 0.3 is 0 Å². The average molecular weight is 408 g/mol. The lowest BCUT2D eigenvalue weighted by Gasteiger charge is -2.39. The van der Waals surface area contributed by atoms with Crippen molar-refractivity contribution >= 4 is 50.0 Å². The molecule has 0 amide bonds. The lowest BCUT2D eigenvalue weighted by molar-refractivity contribution is -0.123. The van der Waals surface area contributed by atoms with Crippen LogP contribution in [0.2, 0.25) is 0 Å². The first-order valence-corrected chi connectivity index (χ1v) is 7.62. The van der Waals surface area contributed by atoms with E-state index in [1.807, 2.05) is 6.92 Å². The number of hydrogen-bond donors (Lipinski definition) is 0. The molecule has 4 heteroatoms. The maximum atomic E-state index is 11.7. The maximum Gasteiger partial charge on any atom is 0.139 e. The molecule has 1 fully saturated rings. The van der Waals surface area contributed by atoms with Gasteiger partial charge in [0.2, 0.25) is 0 Å². The van der Waals surface area contributed by atoms with Gasteiger partial charge in [-0.3, -0.25) is 4.79 Å². The highest BCUT2D eigenvalue weighted by atomic mass is 127. The summed E-state index contributed by atoms with van der Waals surface area (Å²) in [7, 11) is 0. The van der Waals surface area contributed by atoms with Crippen LogP contribution in [0.25, 0.3) is 0 Å². The molecule has 2 rings (SSSR count). The average Bonchev–Trinajstić information content (AvgIpc) is 2.30. The van der Waals surface area contributed by atoms with Crippen LogP contribution in [-0.2, 0) is 4.79 Å². The van der Waals surface area contributed by atoms with Gasteiger partial charge in [0.15, 0.2) is 0 Å². The van der Waals surface area contributed by atoms with Gasteiger partial charge in [-0.2, -0.15) is 0 Å². The number of benzene rings is 1. The Morgan fingerprint density at radius 3 is 2.82 bits per heavy atom. The largest absolute Gasteiger partial charge is 0.367 e. The van der Waals surface area contributed by atoms with Crippen LogP contribution in [0.5, 0.6) is 0 Å². The van der Waals surface area contributed by atoms with E-state index in [1.165, 1.54) is 9.26 Å². The van der Waals surface area contributed by atoms with Gasteiger partial charge in [0.05, 0.1) is 5.69 Å². The van der Waals surface area contributed by atoms with Gasteiger partial charge in [-0.1, -0.05) is 6.92 Å². The van der Waals surface area contributed by atoms with E-state index in [0.717, 1.165) is 11.0 Å². The van der Waals surface area contributed by atoms with Crippen LogP contribution in [0.1, 0.15) is 20.3 Å². The van der Waals surface area contributed by atoms with E-state index in [9.17, 15) is 4.79 Å². The van der Waals surface area contributed by atoms with E-state index in [2.05, 4.69) is 68.5 Å². The summed E-state index contributed by atoms with van der Waals surface area (Å²) < 4.78 is 2.32. The van der Waals surface area contributed by atoms with Crippen molar-refractivity contribution < 1.29 is 4.79 Å². The molecule has 1 aromatic rings. The molecule has 2 unspecified atom stereocenters. The molecule has 0 spiro atoms. The first kappa shape index (κ1) is 13.3. The SMILES string of the molecule is CC1C(=O)CCN(c2cc(I)ccc2Br)C1C. The molecular weight excluding hydrogens is 393 g/mol. The van der Waals surface area contributed by atoms with Gasteiger partial charge < -0.3 is 4.90 Å². The number of carbonyl (C=O) groups is 1. The predicted octanol–water partition coefficient (Wildman–Crippen LogP) is 3.86. The lowest BCUT2D eigenvalue weighted by atomic mass is 9.90. The number of rotatable bonds is 1. The molecule has 17 heavy (non-hydrogen) atoms. The molecule has 1 aliphatic heterocycles. The minimum atomic E-state index is 0.119. The van der Waals surface area contributed by atoms with Crippen molar-refractivity contribution in [2.45, 2.75) is 26.3 Å². The number of nitrogens with zero attached hydrogens (tertiary/aromatic N) is 1. The van der Waals surface area contributed by atoms with Crippen molar-refractivity contribution in [3.05, 3.63) is 26.2 Å². The van der Waals surface area contributed by atoms with Crippen molar-refractivity contribution in [2.24, 2.45) is 5.92 Å². The van der Waals surface area contributed by atoms with Crippen molar-refractivity contribution in [3.8, 4) is 0 Å². The Morgan fingerprint density at radius 1 is 1.41 bits per heavy atom. The number of Topliss-reactive ketones (excluding diaryl/α,β-unsaturated/α-hetero) is 1. The smallest absolute Gasteiger partial charge is 0.139 e. The second-order valence-corrected chi connectivity index (χ2v) is 6.63. The van der Waals surface area contributed by atoms with E-state index in [-0.39, 0.29) is 12.0 Å². The normalized spacial score (nSPS) is 25.2. The van der Waals surface area contributed by atoms with E-state index in [1.54, 1.807) is 0 Å². The minimum absolute atomic E-state index is 0.119. The first-order chi connectivity index (χ1) is 8.00. The number of carbonyl (C=O) groups excluding carboxylic acids is 1. The number of anilines is 1. The zero-order valence-corrected chi connectivity index (χ0v) is 13.7. The summed E-state index contributed by atoms with van der Waals surface area (Å²) in [6.45, 7) is 4.98. The van der Waals surface area contributed by atoms with Crippen LogP contribution < -0.4 is 4.90 Å². The number of halogens is 2. The fraction of sp³-hybridized carbons (Fsp3) is 0.462. The molecular formula is C13H15BrINO. The molecule has 2 nitrogen and oxygen atoms in total. The highest BCUT2D eigenvalue weighted by Gasteiger charge is 2.31. The Hall–Kier alpha value is -0.100. The van der Waals surface area contributed by atoms with E-state index >= 15 is 0 Å². The molecule has 2 atom stereocenters. The van der Waals surface area contributed by atoms with E-state index in [0.29, 0.717) is 12.2 Å². The molecule has 1 saturated heterocycles. The predicted molar refractivity (Wildman–Crippen MR) is 82.5 cm³/mol. The number of piperidine rings is 1. The summed E-state index contributed by atoms with van der Waals surface area (Å²) in [5.74, 6) is 0.504. The fourth-order valence-electron chi connectivity index (χ4n) is 2.25. The summed E-state index contributed by atoms with van der Waals surface area (Å²) in [5, 5.41) is 0. The van der Waals surface area contributed by atoms with Crippen molar-refractivity contribution in [1.29, 1.82) is 0 Å². The molecule has 1 heterocycles. The van der Waals surface area contributed by atoms with Crippen LogP contribution in [0.15, 0.2) is 22.7 Å². The zero-order chi connectivity index (χ0) is 12.6. The molecule has 0 radical (unpaired) electrons. The molecule has 92 valence electrons. The van der Waals surface area contributed by atoms with Crippen LogP contribution in [-0.4, -0.2) is 18.4 Å². The molecule has 0 aliphatic carbocycles. The Balaban J connectivity index is 2.33. The Kier molecular flexibility index (Phi) is 4.13. The second-order valence-electron chi connectivity index (χ2n) is 4.53. The lowest BCUT2D eigenvalue weighted by Crippen LogP contribution is -2.47. The van der Waals surface area contributed by atoms with Crippen molar-refractivity contribution in [3.63, 3.8) is 0 Å². The number of ketones is 1. The minimum Gasteiger partial charge on any atom is -0.367 e. The summed E-state index contributed by atoms with van der Waals surface area (Å²) in [6, 6.07) is 6.59. The Bertz CT molecular complexity index is 449. The zero-order valence-electron chi connectivity index (χ0n) is 9.91. The molecule has 1 aromatic carbocycles.